The zero-order chi connectivity index (χ0) is 18.9. The maximum Gasteiger partial charge on any atom is 0.225 e. The second-order valence-corrected chi connectivity index (χ2v) is 7.06. The van der Waals surface area contributed by atoms with Crippen molar-refractivity contribution in [2.75, 3.05) is 11.9 Å². The highest BCUT2D eigenvalue weighted by atomic mass is 16.5. The third-order valence-corrected chi connectivity index (χ3v) is 3.94. The summed E-state index contributed by atoms with van der Waals surface area (Å²) in [5.41, 5.74) is 8.30. The summed E-state index contributed by atoms with van der Waals surface area (Å²) in [6, 6.07) is 9.41. The molecule has 0 aliphatic heterocycles. The Balaban J connectivity index is 2.18. The Morgan fingerprint density at radius 3 is 2.73 bits per heavy atom. The van der Waals surface area contributed by atoms with Crippen molar-refractivity contribution in [2.45, 2.75) is 46.1 Å². The van der Waals surface area contributed by atoms with Gasteiger partial charge in [0.25, 0.3) is 0 Å². The van der Waals surface area contributed by atoms with Crippen LogP contribution in [-0.4, -0.2) is 23.5 Å². The molecule has 0 saturated heterocycles. The Morgan fingerprint density at radius 1 is 1.27 bits per heavy atom. The van der Waals surface area contributed by atoms with Crippen LogP contribution >= 0.6 is 0 Å². The van der Waals surface area contributed by atoms with Crippen molar-refractivity contribution in [3.8, 4) is 16.9 Å². The summed E-state index contributed by atoms with van der Waals surface area (Å²) in [7, 11) is 0. The molecule has 1 amide bonds. The van der Waals surface area contributed by atoms with E-state index < -0.39 is 0 Å². The van der Waals surface area contributed by atoms with E-state index in [1.165, 1.54) is 0 Å². The maximum absolute atomic E-state index is 12.2. The molecule has 2 aromatic rings. The van der Waals surface area contributed by atoms with Gasteiger partial charge in [-0.05, 0) is 43.9 Å². The van der Waals surface area contributed by atoms with Crippen LogP contribution in [0.15, 0.2) is 42.7 Å². The van der Waals surface area contributed by atoms with E-state index in [0.29, 0.717) is 18.2 Å². The Kier molecular flexibility index (Phi) is 7.60. The first-order valence-electron chi connectivity index (χ1n) is 9.18. The maximum atomic E-state index is 12.2. The number of nitrogens with one attached hydrogen (secondary N) is 1. The number of carbonyl (C=O) groups is 1. The van der Waals surface area contributed by atoms with Crippen LogP contribution in [0.3, 0.4) is 0 Å². The topological polar surface area (TPSA) is 77.2 Å². The van der Waals surface area contributed by atoms with Crippen molar-refractivity contribution < 1.29 is 9.53 Å². The third-order valence-electron chi connectivity index (χ3n) is 3.94. The van der Waals surface area contributed by atoms with Gasteiger partial charge in [-0.2, -0.15) is 0 Å². The smallest absolute Gasteiger partial charge is 0.225 e. The number of aromatic nitrogens is 1. The molecule has 1 heterocycles. The van der Waals surface area contributed by atoms with Gasteiger partial charge in [0, 0.05) is 42.0 Å². The highest BCUT2D eigenvalue weighted by Gasteiger charge is 2.12. The Morgan fingerprint density at radius 2 is 2.08 bits per heavy atom. The Bertz CT molecular complexity index is 700. The molecule has 140 valence electrons. The minimum atomic E-state index is -0.188. The molecule has 1 aromatic carbocycles. The van der Waals surface area contributed by atoms with Crippen molar-refractivity contribution in [3.05, 3.63) is 42.7 Å². The first-order chi connectivity index (χ1) is 12.5. The number of nitrogens with two attached hydrogens (primary N) is 1. The van der Waals surface area contributed by atoms with Crippen LogP contribution < -0.4 is 15.8 Å². The molecular formula is C21H29N3O2. The number of rotatable bonds is 9. The average Bonchev–Trinajstić information content (AvgIpc) is 2.59. The summed E-state index contributed by atoms with van der Waals surface area (Å²) in [5.74, 6) is 1.30. The van der Waals surface area contributed by atoms with E-state index in [-0.39, 0.29) is 18.4 Å². The number of nitrogens with zero attached hydrogens (tertiary/aromatic N) is 1. The van der Waals surface area contributed by atoms with Crippen molar-refractivity contribution in [3.63, 3.8) is 0 Å². The molecule has 5 heteroatoms. The van der Waals surface area contributed by atoms with Crippen molar-refractivity contribution in [2.24, 2.45) is 11.7 Å². The minimum absolute atomic E-state index is 0.109. The standard InChI is InChI=1S/C21H29N3O2/c1-15(2)6-5-11-26-18-8-9-19(17-7-4-10-23-14-17)20(13-18)24-21(25)12-16(3)22/h4,7-10,13-16H,5-6,11-12,22H2,1-3H3,(H,24,25). The molecule has 0 fully saturated rings. The molecule has 1 atom stereocenters. The number of hydrogen-bond acceptors (Lipinski definition) is 4. The summed E-state index contributed by atoms with van der Waals surface area (Å²) in [4.78, 5) is 16.4. The van der Waals surface area contributed by atoms with E-state index in [0.717, 1.165) is 29.7 Å². The van der Waals surface area contributed by atoms with Crippen LogP contribution in [0.4, 0.5) is 5.69 Å². The second-order valence-electron chi connectivity index (χ2n) is 7.06. The number of benzene rings is 1. The Labute approximate surface area is 156 Å². The summed E-state index contributed by atoms with van der Waals surface area (Å²) < 4.78 is 5.86. The number of amides is 1. The zero-order valence-corrected chi connectivity index (χ0v) is 15.9. The van der Waals surface area contributed by atoms with Gasteiger partial charge in [0.2, 0.25) is 5.91 Å². The van der Waals surface area contributed by atoms with E-state index in [4.69, 9.17) is 10.5 Å². The molecule has 1 unspecified atom stereocenters. The molecule has 0 radical (unpaired) electrons. The van der Waals surface area contributed by atoms with Gasteiger partial charge in [-0.15, -0.1) is 0 Å². The number of carbonyl (C=O) groups excluding carboxylic acids is 1. The van der Waals surface area contributed by atoms with Crippen molar-refractivity contribution in [1.29, 1.82) is 0 Å². The second kappa shape index (κ2) is 9.92. The van der Waals surface area contributed by atoms with Gasteiger partial charge in [0.05, 0.1) is 12.3 Å². The van der Waals surface area contributed by atoms with Gasteiger partial charge in [-0.25, -0.2) is 0 Å². The van der Waals surface area contributed by atoms with Crippen LogP contribution in [0.5, 0.6) is 5.75 Å². The first-order valence-corrected chi connectivity index (χ1v) is 9.18. The number of anilines is 1. The first kappa shape index (κ1) is 19.9. The lowest BCUT2D eigenvalue weighted by atomic mass is 10.0. The van der Waals surface area contributed by atoms with Crippen LogP contribution in [0.25, 0.3) is 11.1 Å². The van der Waals surface area contributed by atoms with Gasteiger partial charge in [0.1, 0.15) is 5.75 Å². The zero-order valence-electron chi connectivity index (χ0n) is 15.9. The number of ether oxygens (including phenoxy) is 1. The Hall–Kier alpha value is -2.40. The number of pyridine rings is 1. The third kappa shape index (κ3) is 6.48. The highest BCUT2D eigenvalue weighted by Crippen LogP contribution is 2.31. The van der Waals surface area contributed by atoms with Gasteiger partial charge >= 0.3 is 0 Å². The van der Waals surface area contributed by atoms with Crippen molar-refractivity contribution in [1.82, 2.24) is 4.98 Å². The lowest BCUT2D eigenvalue weighted by molar-refractivity contribution is -0.116. The van der Waals surface area contributed by atoms with E-state index in [1.807, 2.05) is 37.3 Å². The van der Waals surface area contributed by atoms with Crippen LogP contribution in [0.2, 0.25) is 0 Å². The monoisotopic (exact) mass is 355 g/mol. The number of hydrogen-bond donors (Lipinski definition) is 2. The van der Waals surface area contributed by atoms with E-state index >= 15 is 0 Å². The minimum Gasteiger partial charge on any atom is -0.494 e. The van der Waals surface area contributed by atoms with Crippen LogP contribution in [-0.2, 0) is 4.79 Å². The lowest BCUT2D eigenvalue weighted by Gasteiger charge is -2.15. The predicted molar refractivity (Wildman–Crippen MR) is 106 cm³/mol. The average molecular weight is 355 g/mol. The van der Waals surface area contributed by atoms with Gasteiger partial charge in [-0.1, -0.05) is 19.9 Å². The van der Waals surface area contributed by atoms with E-state index in [9.17, 15) is 4.79 Å². The normalized spacial score (nSPS) is 12.0. The fourth-order valence-electron chi connectivity index (χ4n) is 2.67. The molecule has 0 bridgehead atoms. The molecule has 1 aromatic heterocycles. The molecular weight excluding hydrogens is 326 g/mol. The van der Waals surface area contributed by atoms with Crippen LogP contribution in [0.1, 0.15) is 40.0 Å². The SMILES string of the molecule is CC(C)CCCOc1ccc(-c2cccnc2)c(NC(=O)CC(C)N)c1. The van der Waals surface area contributed by atoms with E-state index in [1.54, 1.807) is 12.4 Å². The van der Waals surface area contributed by atoms with Gasteiger partial charge < -0.3 is 15.8 Å². The fraction of sp³-hybridized carbons (Fsp3) is 0.429. The molecule has 0 spiro atoms. The molecule has 5 nitrogen and oxygen atoms in total. The highest BCUT2D eigenvalue weighted by molar-refractivity contribution is 5.96. The lowest BCUT2D eigenvalue weighted by Crippen LogP contribution is -2.24. The summed E-state index contributed by atoms with van der Waals surface area (Å²) in [6.45, 7) is 6.89. The van der Waals surface area contributed by atoms with Gasteiger partial charge in [-0.3, -0.25) is 9.78 Å². The molecule has 0 aliphatic rings. The van der Waals surface area contributed by atoms with Gasteiger partial charge in [0.15, 0.2) is 0 Å². The fourth-order valence-corrected chi connectivity index (χ4v) is 2.67. The summed E-state index contributed by atoms with van der Waals surface area (Å²) >= 11 is 0. The summed E-state index contributed by atoms with van der Waals surface area (Å²) in [6.07, 6.45) is 5.91. The molecule has 0 aliphatic carbocycles. The quantitative estimate of drug-likeness (QED) is 0.660. The molecule has 0 saturated carbocycles. The largest absolute Gasteiger partial charge is 0.494 e. The van der Waals surface area contributed by atoms with Crippen LogP contribution in [0, 0.1) is 5.92 Å². The molecule has 3 N–H and O–H groups in total. The van der Waals surface area contributed by atoms with E-state index in [2.05, 4.69) is 24.1 Å². The molecule has 2 rings (SSSR count). The van der Waals surface area contributed by atoms with Crippen molar-refractivity contribution >= 4 is 11.6 Å². The summed E-state index contributed by atoms with van der Waals surface area (Å²) in [5, 5.41) is 2.96. The molecule has 26 heavy (non-hydrogen) atoms. The predicted octanol–water partition coefficient (Wildman–Crippen LogP) is 4.24.